The Bertz CT molecular complexity index is 456. The first-order valence-electron chi connectivity index (χ1n) is 8.16. The predicted octanol–water partition coefficient (Wildman–Crippen LogP) is 3.38. The molecule has 1 unspecified atom stereocenters. The van der Waals surface area contributed by atoms with Crippen molar-refractivity contribution < 1.29 is 0 Å². The van der Waals surface area contributed by atoms with Crippen molar-refractivity contribution in [1.82, 2.24) is 10.3 Å². The van der Waals surface area contributed by atoms with Gasteiger partial charge in [0.1, 0.15) is 0 Å². The summed E-state index contributed by atoms with van der Waals surface area (Å²) in [4.78, 5) is 6.93. The van der Waals surface area contributed by atoms with Gasteiger partial charge in [-0.05, 0) is 50.3 Å². The highest BCUT2D eigenvalue weighted by molar-refractivity contribution is 5.46. The number of anilines is 1. The predicted molar refractivity (Wildman–Crippen MR) is 89.3 cm³/mol. The summed E-state index contributed by atoms with van der Waals surface area (Å²) in [5.41, 5.74) is 2.27. The van der Waals surface area contributed by atoms with Crippen LogP contribution in [0, 0.1) is 18.3 Å². The highest BCUT2D eigenvalue weighted by Gasteiger charge is 2.24. The van der Waals surface area contributed by atoms with Crippen molar-refractivity contribution in [3.05, 3.63) is 24.0 Å². The monoisotopic (exact) mass is 285 g/mol. The van der Waals surface area contributed by atoms with E-state index >= 15 is 0 Å². The van der Waals surface area contributed by atoms with E-state index in [0.717, 1.165) is 43.2 Å². The van der Waals surface area contributed by atoms with Gasteiger partial charge in [-0.2, -0.15) is 0 Å². The first-order valence-corrected chi connectivity index (χ1v) is 8.16. The summed E-state index contributed by atoms with van der Waals surface area (Å²) < 4.78 is 0. The van der Waals surface area contributed by atoms with Gasteiger partial charge in [-0.15, -0.1) is 6.42 Å². The molecule has 1 saturated carbocycles. The van der Waals surface area contributed by atoms with Crippen LogP contribution in [0.15, 0.2) is 18.3 Å². The lowest BCUT2D eigenvalue weighted by atomic mass is 10.1. The van der Waals surface area contributed by atoms with E-state index in [2.05, 4.69) is 47.1 Å². The van der Waals surface area contributed by atoms with E-state index in [4.69, 9.17) is 6.42 Å². The molecule has 1 atom stereocenters. The second-order valence-corrected chi connectivity index (χ2v) is 5.88. The molecule has 3 nitrogen and oxygen atoms in total. The van der Waals surface area contributed by atoms with Gasteiger partial charge in [0, 0.05) is 12.6 Å². The number of hydrogen-bond acceptors (Lipinski definition) is 3. The van der Waals surface area contributed by atoms with Crippen molar-refractivity contribution in [3.8, 4) is 12.3 Å². The molecule has 1 N–H and O–H groups in total. The van der Waals surface area contributed by atoms with Crippen LogP contribution in [0.4, 0.5) is 5.69 Å². The second-order valence-electron chi connectivity index (χ2n) is 5.88. The molecule has 0 radical (unpaired) electrons. The van der Waals surface area contributed by atoms with Crippen molar-refractivity contribution in [2.24, 2.45) is 5.92 Å². The topological polar surface area (TPSA) is 28.2 Å². The molecule has 0 aliphatic heterocycles. The zero-order chi connectivity index (χ0) is 15.1. The summed E-state index contributed by atoms with van der Waals surface area (Å²) in [7, 11) is 0. The smallest absolute Gasteiger partial charge is 0.0792 e. The molecule has 1 fully saturated rings. The third-order valence-electron chi connectivity index (χ3n) is 4.00. The molecule has 0 saturated heterocycles. The van der Waals surface area contributed by atoms with Crippen molar-refractivity contribution in [2.75, 3.05) is 24.5 Å². The summed E-state index contributed by atoms with van der Waals surface area (Å²) in [5.74, 6) is 3.59. The molecule has 114 valence electrons. The van der Waals surface area contributed by atoms with Gasteiger partial charge < -0.3 is 10.2 Å². The lowest BCUT2D eigenvalue weighted by Gasteiger charge is -2.23. The van der Waals surface area contributed by atoms with Crippen LogP contribution in [0.5, 0.6) is 0 Å². The van der Waals surface area contributed by atoms with Gasteiger partial charge in [-0.25, -0.2) is 0 Å². The van der Waals surface area contributed by atoms with Gasteiger partial charge in [0.2, 0.25) is 0 Å². The molecule has 0 aromatic carbocycles. The van der Waals surface area contributed by atoms with Crippen molar-refractivity contribution in [2.45, 2.75) is 45.6 Å². The summed E-state index contributed by atoms with van der Waals surface area (Å²) in [6, 6.07) is 4.66. The van der Waals surface area contributed by atoms with E-state index in [-0.39, 0.29) is 0 Å². The lowest BCUT2D eigenvalue weighted by molar-refractivity contribution is 0.507. The van der Waals surface area contributed by atoms with Crippen LogP contribution in [-0.4, -0.2) is 24.6 Å². The van der Waals surface area contributed by atoms with Gasteiger partial charge in [0.25, 0.3) is 0 Å². The minimum atomic E-state index is 0.350. The number of hydrogen-bond donors (Lipinski definition) is 1. The number of aromatic nitrogens is 1. The molecule has 21 heavy (non-hydrogen) atoms. The summed E-state index contributed by atoms with van der Waals surface area (Å²) in [6.07, 6.45) is 12.4. The maximum Gasteiger partial charge on any atom is 0.0792 e. The second kappa shape index (κ2) is 8.05. The number of rotatable bonds is 9. The SMILES string of the molecule is C#CCN(CC1CC1)c1ccc(C(CC)NCCC)nc1. The Morgan fingerprint density at radius 2 is 2.24 bits per heavy atom. The fourth-order valence-corrected chi connectivity index (χ4v) is 2.55. The Morgan fingerprint density at radius 1 is 1.43 bits per heavy atom. The van der Waals surface area contributed by atoms with E-state index in [0.29, 0.717) is 12.6 Å². The Hall–Kier alpha value is -1.53. The van der Waals surface area contributed by atoms with E-state index in [1.165, 1.54) is 12.8 Å². The lowest BCUT2D eigenvalue weighted by Crippen LogP contribution is -2.26. The van der Waals surface area contributed by atoms with E-state index in [1.54, 1.807) is 0 Å². The first kappa shape index (κ1) is 15.9. The zero-order valence-electron chi connectivity index (χ0n) is 13.3. The van der Waals surface area contributed by atoms with Crippen LogP contribution in [0.1, 0.15) is 51.3 Å². The van der Waals surface area contributed by atoms with Gasteiger partial charge in [-0.1, -0.05) is 19.8 Å². The van der Waals surface area contributed by atoms with Crippen LogP contribution in [0.25, 0.3) is 0 Å². The molecular formula is C18H27N3. The molecule has 0 bridgehead atoms. The van der Waals surface area contributed by atoms with Gasteiger partial charge in [-0.3, -0.25) is 4.98 Å². The molecule has 1 aliphatic carbocycles. The van der Waals surface area contributed by atoms with Crippen LogP contribution in [0.3, 0.4) is 0 Å². The molecular weight excluding hydrogens is 258 g/mol. The molecule has 1 aromatic rings. The molecule has 2 rings (SSSR count). The van der Waals surface area contributed by atoms with E-state index in [9.17, 15) is 0 Å². The fourth-order valence-electron chi connectivity index (χ4n) is 2.55. The Labute approximate surface area is 129 Å². The van der Waals surface area contributed by atoms with Gasteiger partial charge in [0.15, 0.2) is 0 Å². The maximum atomic E-state index is 5.50. The summed E-state index contributed by atoms with van der Waals surface area (Å²) >= 11 is 0. The highest BCUT2D eigenvalue weighted by Crippen LogP contribution is 2.31. The van der Waals surface area contributed by atoms with Crippen molar-refractivity contribution >= 4 is 5.69 Å². The third-order valence-corrected chi connectivity index (χ3v) is 4.00. The standard InChI is InChI=1S/C18H27N3/c1-4-11-19-17(6-3)18-10-9-16(13-20-18)21(12-5-2)14-15-7-8-15/h2,9-10,13,15,17,19H,4,6-8,11-12,14H2,1,3H3. The maximum absolute atomic E-state index is 5.50. The largest absolute Gasteiger partial charge is 0.359 e. The normalized spacial score (nSPS) is 15.5. The van der Waals surface area contributed by atoms with Crippen LogP contribution < -0.4 is 10.2 Å². The number of nitrogens with zero attached hydrogens (tertiary/aromatic N) is 2. The van der Waals surface area contributed by atoms with Crippen LogP contribution in [-0.2, 0) is 0 Å². The molecule has 0 amide bonds. The third kappa shape index (κ3) is 4.75. The van der Waals surface area contributed by atoms with Gasteiger partial charge >= 0.3 is 0 Å². The minimum absolute atomic E-state index is 0.350. The number of pyridine rings is 1. The van der Waals surface area contributed by atoms with Crippen molar-refractivity contribution in [3.63, 3.8) is 0 Å². The summed E-state index contributed by atoms with van der Waals surface area (Å²) in [6.45, 7) is 7.15. The fraction of sp³-hybridized carbons (Fsp3) is 0.611. The highest BCUT2D eigenvalue weighted by atomic mass is 15.1. The number of terminal acetylenes is 1. The van der Waals surface area contributed by atoms with Crippen LogP contribution >= 0.6 is 0 Å². The first-order chi connectivity index (χ1) is 10.3. The van der Waals surface area contributed by atoms with Crippen LogP contribution in [0.2, 0.25) is 0 Å². The van der Waals surface area contributed by atoms with E-state index < -0.39 is 0 Å². The molecule has 1 aromatic heterocycles. The molecule has 1 aliphatic rings. The Morgan fingerprint density at radius 3 is 2.76 bits per heavy atom. The minimum Gasteiger partial charge on any atom is -0.359 e. The van der Waals surface area contributed by atoms with E-state index in [1.807, 2.05) is 6.20 Å². The van der Waals surface area contributed by atoms with Crippen molar-refractivity contribution in [1.29, 1.82) is 0 Å². The zero-order valence-corrected chi connectivity index (χ0v) is 13.3. The van der Waals surface area contributed by atoms with Gasteiger partial charge in [0.05, 0.1) is 24.1 Å². The number of nitrogens with one attached hydrogen (secondary N) is 1. The average molecular weight is 285 g/mol. The molecule has 3 heteroatoms. The molecule has 1 heterocycles. The average Bonchev–Trinajstić information content (AvgIpc) is 3.32. The molecule has 0 spiro atoms. The quantitative estimate of drug-likeness (QED) is 0.705. The summed E-state index contributed by atoms with van der Waals surface area (Å²) in [5, 5.41) is 3.54. The Kier molecular flexibility index (Phi) is 6.07. The Balaban J connectivity index is 2.03.